The Morgan fingerprint density at radius 1 is 1.17 bits per heavy atom. The van der Waals surface area contributed by atoms with Crippen LogP contribution in [0.2, 0.25) is 0 Å². The van der Waals surface area contributed by atoms with E-state index in [2.05, 4.69) is 14.8 Å². The summed E-state index contributed by atoms with van der Waals surface area (Å²) in [6.07, 6.45) is 2.06. The summed E-state index contributed by atoms with van der Waals surface area (Å²) in [5.41, 5.74) is 0. The van der Waals surface area contributed by atoms with E-state index < -0.39 is 0 Å². The molecule has 6 heteroatoms. The summed E-state index contributed by atoms with van der Waals surface area (Å²) in [5, 5.41) is 0. The van der Waals surface area contributed by atoms with Gasteiger partial charge < -0.3 is 14.5 Å². The molecule has 132 valence electrons. The molecule has 2 aliphatic rings. The van der Waals surface area contributed by atoms with Crippen LogP contribution in [0.1, 0.15) is 20.8 Å². The maximum Gasteiger partial charge on any atom is 0.239 e. The number of aromatic nitrogens is 1. The predicted molar refractivity (Wildman–Crippen MR) is 94.1 cm³/mol. The second kappa shape index (κ2) is 7.49. The lowest BCUT2D eigenvalue weighted by atomic mass is 10.1. The molecule has 24 heavy (non-hydrogen) atoms. The van der Waals surface area contributed by atoms with Crippen LogP contribution in [-0.2, 0) is 9.53 Å². The molecule has 3 rings (SSSR count). The number of anilines is 1. The second-order valence-electron chi connectivity index (χ2n) is 6.89. The second-order valence-corrected chi connectivity index (χ2v) is 6.89. The maximum absolute atomic E-state index is 12.8. The van der Waals surface area contributed by atoms with Gasteiger partial charge in [0.2, 0.25) is 5.91 Å². The van der Waals surface area contributed by atoms with Crippen LogP contribution in [0.4, 0.5) is 5.82 Å². The van der Waals surface area contributed by atoms with Gasteiger partial charge >= 0.3 is 0 Å². The fourth-order valence-electron chi connectivity index (χ4n) is 3.66. The average molecular weight is 332 g/mol. The maximum atomic E-state index is 12.8. The smallest absolute Gasteiger partial charge is 0.239 e. The minimum atomic E-state index is -0.0756. The normalized spacial score (nSPS) is 27.1. The number of piperazine rings is 1. The SMILES string of the molecule is C[C@@H]1CN(C(=O)[C@H](C)N2CCN(c3ccccn3)CC2)C[C@H](C)O1. The molecule has 0 saturated carbocycles. The third kappa shape index (κ3) is 3.87. The number of amides is 1. The van der Waals surface area contributed by atoms with Crippen molar-refractivity contribution in [2.75, 3.05) is 44.2 Å². The first-order chi connectivity index (χ1) is 11.5. The molecule has 0 radical (unpaired) electrons. The van der Waals surface area contributed by atoms with Gasteiger partial charge in [0.05, 0.1) is 18.2 Å². The topological polar surface area (TPSA) is 48.9 Å². The Bertz CT molecular complexity index is 535. The van der Waals surface area contributed by atoms with Gasteiger partial charge in [0.1, 0.15) is 5.82 Å². The molecule has 0 N–H and O–H groups in total. The van der Waals surface area contributed by atoms with Gasteiger partial charge in [-0.2, -0.15) is 0 Å². The van der Waals surface area contributed by atoms with Gasteiger partial charge in [-0.1, -0.05) is 6.07 Å². The molecule has 0 spiro atoms. The first kappa shape index (κ1) is 17.2. The van der Waals surface area contributed by atoms with Crippen LogP contribution in [0.25, 0.3) is 0 Å². The number of rotatable bonds is 3. The molecular weight excluding hydrogens is 304 g/mol. The zero-order chi connectivity index (χ0) is 17.1. The molecule has 2 saturated heterocycles. The molecule has 1 aromatic rings. The molecular formula is C18H28N4O2. The fraction of sp³-hybridized carbons (Fsp3) is 0.667. The molecule has 2 fully saturated rings. The molecule has 0 aromatic carbocycles. The lowest BCUT2D eigenvalue weighted by molar-refractivity contribution is -0.148. The highest BCUT2D eigenvalue weighted by Crippen LogP contribution is 2.17. The van der Waals surface area contributed by atoms with Gasteiger partial charge in [0, 0.05) is 45.5 Å². The van der Waals surface area contributed by atoms with Crippen LogP contribution in [0.5, 0.6) is 0 Å². The molecule has 1 amide bonds. The minimum Gasteiger partial charge on any atom is -0.372 e. The minimum absolute atomic E-state index is 0.0756. The fourth-order valence-corrected chi connectivity index (χ4v) is 3.66. The highest BCUT2D eigenvalue weighted by atomic mass is 16.5. The summed E-state index contributed by atoms with van der Waals surface area (Å²) < 4.78 is 5.73. The molecule has 3 heterocycles. The summed E-state index contributed by atoms with van der Waals surface area (Å²) in [5.74, 6) is 1.25. The lowest BCUT2D eigenvalue weighted by Gasteiger charge is -2.41. The van der Waals surface area contributed by atoms with E-state index >= 15 is 0 Å². The first-order valence-corrected chi connectivity index (χ1v) is 8.89. The van der Waals surface area contributed by atoms with E-state index in [1.165, 1.54) is 0 Å². The van der Waals surface area contributed by atoms with Crippen molar-refractivity contribution < 1.29 is 9.53 Å². The van der Waals surface area contributed by atoms with Gasteiger partial charge in [-0.25, -0.2) is 4.98 Å². The van der Waals surface area contributed by atoms with E-state index in [0.29, 0.717) is 13.1 Å². The van der Waals surface area contributed by atoms with Crippen molar-refractivity contribution in [2.24, 2.45) is 0 Å². The molecule has 0 aliphatic carbocycles. The van der Waals surface area contributed by atoms with Crippen LogP contribution in [-0.4, -0.2) is 78.2 Å². The molecule has 6 nitrogen and oxygen atoms in total. The first-order valence-electron chi connectivity index (χ1n) is 8.89. The van der Waals surface area contributed by atoms with E-state index in [4.69, 9.17) is 4.74 Å². The van der Waals surface area contributed by atoms with Crippen LogP contribution in [0.3, 0.4) is 0 Å². The zero-order valence-electron chi connectivity index (χ0n) is 14.9. The Balaban J connectivity index is 1.55. The summed E-state index contributed by atoms with van der Waals surface area (Å²) >= 11 is 0. The van der Waals surface area contributed by atoms with Gasteiger partial charge in [0.15, 0.2) is 0 Å². The third-order valence-electron chi connectivity index (χ3n) is 4.92. The molecule has 2 aliphatic heterocycles. The standard InChI is InChI=1S/C18H28N4O2/c1-14-12-22(13-15(2)24-14)18(23)16(3)20-8-10-21(11-9-20)17-6-4-5-7-19-17/h4-7,14-16H,8-13H2,1-3H3/t14-,15+,16-/m0/s1. The summed E-state index contributed by atoms with van der Waals surface area (Å²) in [6.45, 7) is 11.1. The highest BCUT2D eigenvalue weighted by Gasteiger charge is 2.32. The number of pyridine rings is 1. The molecule has 0 bridgehead atoms. The number of morpholine rings is 1. The number of nitrogens with zero attached hydrogens (tertiary/aromatic N) is 4. The number of ether oxygens (including phenoxy) is 1. The summed E-state index contributed by atoms with van der Waals surface area (Å²) in [4.78, 5) is 23.8. The third-order valence-corrected chi connectivity index (χ3v) is 4.92. The lowest BCUT2D eigenvalue weighted by Crippen LogP contribution is -2.57. The van der Waals surface area contributed by atoms with Crippen LogP contribution >= 0.6 is 0 Å². The van der Waals surface area contributed by atoms with Crippen molar-refractivity contribution in [3.8, 4) is 0 Å². The van der Waals surface area contributed by atoms with Crippen LogP contribution in [0.15, 0.2) is 24.4 Å². The van der Waals surface area contributed by atoms with Crippen molar-refractivity contribution >= 4 is 11.7 Å². The van der Waals surface area contributed by atoms with Crippen molar-refractivity contribution in [3.05, 3.63) is 24.4 Å². The van der Waals surface area contributed by atoms with E-state index in [0.717, 1.165) is 32.0 Å². The number of hydrogen-bond acceptors (Lipinski definition) is 5. The van der Waals surface area contributed by atoms with Crippen molar-refractivity contribution in [2.45, 2.75) is 39.0 Å². The molecule has 1 aromatic heterocycles. The number of carbonyl (C=O) groups excluding carboxylic acids is 1. The monoisotopic (exact) mass is 332 g/mol. The zero-order valence-corrected chi connectivity index (χ0v) is 14.9. The van der Waals surface area contributed by atoms with Crippen molar-refractivity contribution in [1.29, 1.82) is 0 Å². The Morgan fingerprint density at radius 2 is 1.83 bits per heavy atom. The van der Waals surface area contributed by atoms with Gasteiger partial charge in [0.25, 0.3) is 0 Å². The van der Waals surface area contributed by atoms with Crippen LogP contribution in [0, 0.1) is 0 Å². The average Bonchev–Trinajstić information content (AvgIpc) is 2.60. The Labute approximate surface area is 144 Å². The molecule has 3 atom stereocenters. The van der Waals surface area contributed by atoms with E-state index in [1.807, 2.05) is 50.1 Å². The van der Waals surface area contributed by atoms with E-state index in [9.17, 15) is 4.79 Å². The predicted octanol–water partition coefficient (Wildman–Crippen LogP) is 1.23. The van der Waals surface area contributed by atoms with Crippen molar-refractivity contribution in [1.82, 2.24) is 14.8 Å². The Hall–Kier alpha value is -1.66. The van der Waals surface area contributed by atoms with Crippen molar-refractivity contribution in [3.63, 3.8) is 0 Å². The van der Waals surface area contributed by atoms with Crippen LogP contribution < -0.4 is 4.90 Å². The summed E-state index contributed by atoms with van der Waals surface area (Å²) in [7, 11) is 0. The van der Waals surface area contributed by atoms with Gasteiger partial charge in [-0.15, -0.1) is 0 Å². The Morgan fingerprint density at radius 3 is 2.42 bits per heavy atom. The van der Waals surface area contributed by atoms with E-state index in [-0.39, 0.29) is 24.2 Å². The molecule has 0 unspecified atom stereocenters. The number of carbonyl (C=O) groups is 1. The summed E-state index contributed by atoms with van der Waals surface area (Å²) in [6, 6.07) is 5.92. The van der Waals surface area contributed by atoms with Gasteiger partial charge in [-0.3, -0.25) is 9.69 Å². The van der Waals surface area contributed by atoms with Gasteiger partial charge in [-0.05, 0) is 32.9 Å². The quantitative estimate of drug-likeness (QED) is 0.833. The largest absolute Gasteiger partial charge is 0.372 e. The highest BCUT2D eigenvalue weighted by molar-refractivity contribution is 5.81. The number of hydrogen-bond donors (Lipinski definition) is 0. The van der Waals surface area contributed by atoms with E-state index in [1.54, 1.807) is 0 Å². The Kier molecular flexibility index (Phi) is 5.36.